The number of nitrogens with one attached hydrogen (secondary N) is 1. The van der Waals surface area contributed by atoms with Gasteiger partial charge in [0.05, 0.1) is 6.61 Å². The van der Waals surface area contributed by atoms with E-state index >= 15 is 0 Å². The molecule has 0 fully saturated rings. The molecule has 4 heteroatoms. The van der Waals surface area contributed by atoms with E-state index in [1.165, 1.54) is 0 Å². The minimum atomic E-state index is -1.28. The lowest BCUT2D eigenvalue weighted by molar-refractivity contribution is -0.147. The van der Waals surface area contributed by atoms with Crippen LogP contribution in [0.4, 0.5) is 5.69 Å². The van der Waals surface area contributed by atoms with Crippen LogP contribution in [0, 0.1) is 5.92 Å². The lowest BCUT2D eigenvalue weighted by Gasteiger charge is -2.29. The van der Waals surface area contributed by atoms with Gasteiger partial charge in [-0.25, -0.2) is 4.79 Å². The molecule has 2 rings (SSSR count). The Hall–Kier alpha value is -1.84. The van der Waals surface area contributed by atoms with Crippen molar-refractivity contribution in [3.05, 3.63) is 29.8 Å². The second kappa shape index (κ2) is 9.23. The molecule has 0 aromatic heterocycles. The van der Waals surface area contributed by atoms with Gasteiger partial charge in [0.1, 0.15) is 0 Å². The lowest BCUT2D eigenvalue weighted by Crippen LogP contribution is -2.54. The fraction of sp³-hybridized carbons (Fsp3) is 0.556. The molecule has 1 unspecified atom stereocenters. The Bertz CT molecular complexity index is 497. The summed E-state index contributed by atoms with van der Waals surface area (Å²) in [6.45, 7) is 13.7. The predicted molar refractivity (Wildman–Crippen MR) is 91.3 cm³/mol. The predicted octanol–water partition coefficient (Wildman–Crippen LogP) is 4.31. The molecule has 22 heavy (non-hydrogen) atoms. The molecule has 0 saturated carbocycles. The number of anilines is 1. The smallest absolute Gasteiger partial charge is 0.340 e. The summed E-state index contributed by atoms with van der Waals surface area (Å²) in [5.41, 5.74) is -0.0248. The highest BCUT2D eigenvalue weighted by Crippen LogP contribution is 2.37. The summed E-state index contributed by atoms with van der Waals surface area (Å²) in [6.07, 6.45) is 0. The largest absolute Gasteiger partial charge is 0.464 e. The van der Waals surface area contributed by atoms with E-state index in [1.54, 1.807) is 25.1 Å². The Labute approximate surface area is 134 Å². The van der Waals surface area contributed by atoms with Crippen molar-refractivity contribution in [3.63, 3.8) is 0 Å². The maximum Gasteiger partial charge on any atom is 0.340 e. The van der Waals surface area contributed by atoms with Gasteiger partial charge >= 0.3 is 5.97 Å². The van der Waals surface area contributed by atoms with Crippen molar-refractivity contribution in [2.45, 2.75) is 54.0 Å². The zero-order valence-corrected chi connectivity index (χ0v) is 14.8. The Morgan fingerprint density at radius 3 is 2.18 bits per heavy atom. The third kappa shape index (κ3) is 3.49. The minimum absolute atomic E-state index is 0.184. The Kier molecular flexibility index (Phi) is 8.46. The standard InChI is InChI=1S/C14H17NO3.2C2H6/c1-4-18-13(17)14(9(2)3)12(16)10-7-5-6-8-11(10)15-14;2*1-2/h5-9,15H,4H2,1-3H3;2*1-2H3. The lowest BCUT2D eigenvalue weighted by atomic mass is 9.82. The fourth-order valence-electron chi connectivity index (χ4n) is 2.30. The van der Waals surface area contributed by atoms with Crippen LogP contribution in [0.15, 0.2) is 24.3 Å². The van der Waals surface area contributed by atoms with Crippen molar-refractivity contribution < 1.29 is 14.3 Å². The van der Waals surface area contributed by atoms with Crippen LogP contribution < -0.4 is 5.32 Å². The average Bonchev–Trinajstić information content (AvgIpc) is 2.86. The van der Waals surface area contributed by atoms with Crippen LogP contribution in [-0.4, -0.2) is 23.9 Å². The second-order valence-corrected chi connectivity index (χ2v) is 4.68. The highest BCUT2D eigenvalue weighted by atomic mass is 16.5. The highest BCUT2D eigenvalue weighted by molar-refractivity contribution is 6.24. The van der Waals surface area contributed by atoms with Gasteiger partial charge in [-0.15, -0.1) is 0 Å². The summed E-state index contributed by atoms with van der Waals surface area (Å²) in [5, 5.41) is 3.06. The molecule has 1 heterocycles. The molecule has 1 aromatic carbocycles. The summed E-state index contributed by atoms with van der Waals surface area (Å²) < 4.78 is 5.07. The van der Waals surface area contributed by atoms with E-state index in [0.717, 1.165) is 0 Å². The number of carbonyl (C=O) groups is 2. The number of esters is 1. The SMILES string of the molecule is CC.CC.CCOC(=O)C1(C(C)C)Nc2ccccc2C1=O. The molecule has 0 aliphatic carbocycles. The number of ether oxygens (including phenoxy) is 1. The molecule has 0 radical (unpaired) electrons. The topological polar surface area (TPSA) is 55.4 Å². The molecule has 0 spiro atoms. The molecular formula is C18H29NO3. The highest BCUT2D eigenvalue weighted by Gasteiger charge is 2.54. The minimum Gasteiger partial charge on any atom is -0.464 e. The first-order valence-electron chi connectivity index (χ1n) is 8.13. The van der Waals surface area contributed by atoms with E-state index in [4.69, 9.17) is 4.74 Å². The normalized spacial score (nSPS) is 18.3. The van der Waals surface area contributed by atoms with Crippen molar-refractivity contribution in [1.29, 1.82) is 0 Å². The number of para-hydroxylation sites is 1. The van der Waals surface area contributed by atoms with E-state index in [-0.39, 0.29) is 18.3 Å². The molecule has 4 nitrogen and oxygen atoms in total. The number of hydrogen-bond acceptors (Lipinski definition) is 4. The average molecular weight is 307 g/mol. The van der Waals surface area contributed by atoms with Crippen LogP contribution in [0.5, 0.6) is 0 Å². The molecule has 1 N–H and O–H groups in total. The van der Waals surface area contributed by atoms with Crippen molar-refractivity contribution >= 4 is 17.4 Å². The molecule has 1 aliphatic rings. The van der Waals surface area contributed by atoms with E-state index in [0.29, 0.717) is 11.3 Å². The second-order valence-electron chi connectivity index (χ2n) is 4.68. The van der Waals surface area contributed by atoms with Gasteiger partial charge < -0.3 is 10.1 Å². The van der Waals surface area contributed by atoms with Gasteiger partial charge in [0, 0.05) is 11.3 Å². The molecule has 124 valence electrons. The van der Waals surface area contributed by atoms with Crippen molar-refractivity contribution in [3.8, 4) is 0 Å². The van der Waals surface area contributed by atoms with Crippen molar-refractivity contribution in [2.24, 2.45) is 5.92 Å². The Balaban J connectivity index is 0.00000102. The summed E-state index contributed by atoms with van der Waals surface area (Å²) in [6, 6.07) is 7.16. The van der Waals surface area contributed by atoms with Crippen LogP contribution in [0.3, 0.4) is 0 Å². The van der Waals surface area contributed by atoms with Crippen LogP contribution in [-0.2, 0) is 9.53 Å². The van der Waals surface area contributed by atoms with Gasteiger partial charge in [-0.2, -0.15) is 0 Å². The molecule has 1 atom stereocenters. The maximum absolute atomic E-state index is 12.5. The van der Waals surface area contributed by atoms with Gasteiger partial charge in [0.25, 0.3) is 0 Å². The van der Waals surface area contributed by atoms with Crippen LogP contribution >= 0.6 is 0 Å². The zero-order chi connectivity index (χ0) is 17.3. The molecule has 0 bridgehead atoms. The number of hydrogen-bond donors (Lipinski definition) is 1. The Morgan fingerprint density at radius 1 is 1.18 bits per heavy atom. The van der Waals surface area contributed by atoms with E-state index in [1.807, 2.05) is 47.6 Å². The number of ketones is 1. The first-order chi connectivity index (χ1) is 10.5. The van der Waals surface area contributed by atoms with E-state index in [2.05, 4.69) is 5.32 Å². The van der Waals surface area contributed by atoms with Crippen molar-refractivity contribution in [1.82, 2.24) is 0 Å². The Morgan fingerprint density at radius 2 is 1.73 bits per heavy atom. The quantitative estimate of drug-likeness (QED) is 0.668. The number of rotatable bonds is 3. The summed E-state index contributed by atoms with van der Waals surface area (Å²) in [7, 11) is 0. The summed E-state index contributed by atoms with van der Waals surface area (Å²) in [4.78, 5) is 24.7. The van der Waals surface area contributed by atoms with Gasteiger partial charge in [0.2, 0.25) is 11.3 Å². The van der Waals surface area contributed by atoms with Gasteiger partial charge in [0.15, 0.2) is 0 Å². The van der Waals surface area contributed by atoms with Crippen molar-refractivity contribution in [2.75, 3.05) is 11.9 Å². The number of carbonyl (C=O) groups excluding carboxylic acids is 2. The van der Waals surface area contributed by atoms with Crippen LogP contribution in [0.1, 0.15) is 58.8 Å². The zero-order valence-electron chi connectivity index (χ0n) is 14.8. The summed E-state index contributed by atoms with van der Waals surface area (Å²) in [5.74, 6) is -0.885. The van der Waals surface area contributed by atoms with Crippen LogP contribution in [0.25, 0.3) is 0 Å². The maximum atomic E-state index is 12.5. The third-order valence-electron chi connectivity index (χ3n) is 3.33. The first-order valence-corrected chi connectivity index (χ1v) is 8.13. The first kappa shape index (κ1) is 20.2. The number of benzene rings is 1. The van der Waals surface area contributed by atoms with E-state index < -0.39 is 11.5 Å². The van der Waals surface area contributed by atoms with Gasteiger partial charge in [-0.05, 0) is 25.0 Å². The molecule has 0 saturated heterocycles. The van der Waals surface area contributed by atoms with Gasteiger partial charge in [-0.1, -0.05) is 53.7 Å². The number of Topliss-reactive ketones (excluding diaryl/α,β-unsaturated/α-hetero) is 1. The third-order valence-corrected chi connectivity index (χ3v) is 3.33. The monoisotopic (exact) mass is 307 g/mol. The van der Waals surface area contributed by atoms with Gasteiger partial charge in [-0.3, -0.25) is 4.79 Å². The molecular weight excluding hydrogens is 278 g/mol. The van der Waals surface area contributed by atoms with Crippen LogP contribution in [0.2, 0.25) is 0 Å². The summed E-state index contributed by atoms with van der Waals surface area (Å²) >= 11 is 0. The fourth-order valence-corrected chi connectivity index (χ4v) is 2.30. The molecule has 1 aromatic rings. The van der Waals surface area contributed by atoms with E-state index in [9.17, 15) is 9.59 Å². The molecule has 1 aliphatic heterocycles. The number of fused-ring (bicyclic) bond motifs is 1. The molecule has 0 amide bonds.